The highest BCUT2D eigenvalue weighted by Gasteiger charge is 2.17. The second-order valence-corrected chi connectivity index (χ2v) is 6.79. The molecule has 0 radical (unpaired) electrons. The van der Waals surface area contributed by atoms with Crippen LogP contribution in [0.15, 0.2) is 41.7 Å². The Morgan fingerprint density at radius 3 is 2.43 bits per heavy atom. The SMILES string of the molecule is CCOc1ccc(CN(C)C(=NC)NCC(c2cnn(C)c2)N(C)C)cc1.I. The Balaban J connectivity index is 0.00000392. The molecule has 2 aromatic rings. The summed E-state index contributed by atoms with van der Waals surface area (Å²) < 4.78 is 7.34. The van der Waals surface area contributed by atoms with Gasteiger partial charge in [0, 0.05) is 46.0 Å². The van der Waals surface area contributed by atoms with Crippen molar-refractivity contribution in [2.45, 2.75) is 19.5 Å². The average molecular weight is 500 g/mol. The number of aliphatic imine (C=N–C) groups is 1. The number of halogens is 1. The van der Waals surface area contributed by atoms with E-state index >= 15 is 0 Å². The van der Waals surface area contributed by atoms with E-state index in [2.05, 4.69) is 57.6 Å². The van der Waals surface area contributed by atoms with Crippen LogP contribution in [0.25, 0.3) is 0 Å². The fourth-order valence-electron chi connectivity index (χ4n) is 2.99. The summed E-state index contributed by atoms with van der Waals surface area (Å²) in [6, 6.07) is 8.41. The summed E-state index contributed by atoms with van der Waals surface area (Å²) in [4.78, 5) is 8.73. The number of aryl methyl sites for hydroxylation is 1. The molecule has 1 heterocycles. The predicted molar refractivity (Wildman–Crippen MR) is 125 cm³/mol. The van der Waals surface area contributed by atoms with Crippen LogP contribution in [0.1, 0.15) is 24.1 Å². The van der Waals surface area contributed by atoms with Crippen LogP contribution < -0.4 is 10.1 Å². The minimum Gasteiger partial charge on any atom is -0.494 e. The molecular weight excluding hydrogens is 467 g/mol. The molecule has 0 aliphatic carbocycles. The number of rotatable bonds is 8. The van der Waals surface area contributed by atoms with E-state index in [9.17, 15) is 0 Å². The first-order chi connectivity index (χ1) is 12.9. The molecule has 7 nitrogen and oxygen atoms in total. The number of nitrogens with one attached hydrogen (secondary N) is 1. The number of hydrogen-bond acceptors (Lipinski definition) is 4. The van der Waals surface area contributed by atoms with Crippen LogP contribution >= 0.6 is 24.0 Å². The molecule has 1 aromatic carbocycles. The van der Waals surface area contributed by atoms with Crippen molar-refractivity contribution in [3.63, 3.8) is 0 Å². The van der Waals surface area contributed by atoms with Crippen LogP contribution in [-0.2, 0) is 13.6 Å². The van der Waals surface area contributed by atoms with Crippen molar-refractivity contribution in [1.29, 1.82) is 0 Å². The van der Waals surface area contributed by atoms with E-state index in [-0.39, 0.29) is 30.0 Å². The summed E-state index contributed by atoms with van der Waals surface area (Å²) in [6.07, 6.45) is 3.97. The van der Waals surface area contributed by atoms with Gasteiger partial charge in [-0.1, -0.05) is 12.1 Å². The molecule has 1 unspecified atom stereocenters. The number of benzene rings is 1. The van der Waals surface area contributed by atoms with Gasteiger partial charge in [-0.3, -0.25) is 9.67 Å². The molecule has 0 spiro atoms. The fourth-order valence-corrected chi connectivity index (χ4v) is 2.99. The quantitative estimate of drug-likeness (QED) is 0.343. The van der Waals surface area contributed by atoms with Crippen molar-refractivity contribution in [3.05, 3.63) is 47.8 Å². The summed E-state index contributed by atoms with van der Waals surface area (Å²) in [5, 5.41) is 7.77. The zero-order valence-electron chi connectivity index (χ0n) is 17.7. The van der Waals surface area contributed by atoms with Crippen LogP contribution in [0, 0.1) is 0 Å². The van der Waals surface area contributed by atoms with E-state index in [1.54, 1.807) is 0 Å². The van der Waals surface area contributed by atoms with E-state index in [4.69, 9.17) is 4.74 Å². The Hall–Kier alpha value is -1.81. The average Bonchev–Trinajstić information content (AvgIpc) is 3.06. The Bertz CT molecular complexity index is 729. The lowest BCUT2D eigenvalue weighted by Crippen LogP contribution is -2.42. The number of ether oxygens (including phenoxy) is 1. The van der Waals surface area contributed by atoms with Crippen LogP contribution in [0.5, 0.6) is 5.75 Å². The molecule has 156 valence electrons. The van der Waals surface area contributed by atoms with Crippen molar-refractivity contribution in [2.75, 3.05) is 41.3 Å². The van der Waals surface area contributed by atoms with Gasteiger partial charge in [0.25, 0.3) is 0 Å². The van der Waals surface area contributed by atoms with E-state index in [1.165, 1.54) is 11.1 Å². The van der Waals surface area contributed by atoms with Gasteiger partial charge in [0.1, 0.15) is 5.75 Å². The normalized spacial score (nSPS) is 12.5. The van der Waals surface area contributed by atoms with Gasteiger partial charge in [-0.25, -0.2) is 0 Å². The number of hydrogen-bond donors (Lipinski definition) is 1. The molecule has 8 heteroatoms. The number of guanidine groups is 1. The third-order valence-electron chi connectivity index (χ3n) is 4.41. The molecule has 28 heavy (non-hydrogen) atoms. The van der Waals surface area contributed by atoms with Gasteiger partial charge in [-0.15, -0.1) is 24.0 Å². The lowest BCUT2D eigenvalue weighted by Gasteiger charge is -2.27. The molecule has 0 fully saturated rings. The Labute approximate surface area is 185 Å². The largest absolute Gasteiger partial charge is 0.494 e. The van der Waals surface area contributed by atoms with Gasteiger partial charge in [-0.2, -0.15) is 5.10 Å². The zero-order chi connectivity index (χ0) is 19.8. The Morgan fingerprint density at radius 2 is 1.93 bits per heavy atom. The van der Waals surface area contributed by atoms with Gasteiger partial charge in [-0.05, 0) is 38.7 Å². The van der Waals surface area contributed by atoms with Crippen molar-refractivity contribution < 1.29 is 4.74 Å². The maximum absolute atomic E-state index is 5.50. The molecule has 1 N–H and O–H groups in total. The first-order valence-electron chi connectivity index (χ1n) is 9.23. The first kappa shape index (κ1) is 24.2. The van der Waals surface area contributed by atoms with Crippen LogP contribution in [0.3, 0.4) is 0 Å². The molecular formula is C20H33IN6O. The monoisotopic (exact) mass is 500 g/mol. The molecule has 0 aliphatic heterocycles. The zero-order valence-corrected chi connectivity index (χ0v) is 20.0. The van der Waals surface area contributed by atoms with Crippen LogP contribution in [-0.4, -0.2) is 66.9 Å². The minimum atomic E-state index is 0. The lowest BCUT2D eigenvalue weighted by molar-refractivity contribution is 0.295. The smallest absolute Gasteiger partial charge is 0.193 e. The summed E-state index contributed by atoms with van der Waals surface area (Å²) in [6.45, 7) is 4.19. The highest BCUT2D eigenvalue weighted by atomic mass is 127. The topological polar surface area (TPSA) is 57.9 Å². The third-order valence-corrected chi connectivity index (χ3v) is 4.41. The van der Waals surface area contributed by atoms with Crippen molar-refractivity contribution in [3.8, 4) is 5.75 Å². The molecule has 0 aliphatic rings. The molecule has 0 saturated heterocycles. The minimum absolute atomic E-state index is 0. The van der Waals surface area contributed by atoms with Gasteiger partial charge in [0.15, 0.2) is 5.96 Å². The summed E-state index contributed by atoms with van der Waals surface area (Å²) in [5.41, 5.74) is 2.39. The van der Waals surface area contributed by atoms with Gasteiger partial charge >= 0.3 is 0 Å². The highest BCUT2D eigenvalue weighted by molar-refractivity contribution is 14.0. The second kappa shape index (κ2) is 11.9. The van der Waals surface area contributed by atoms with Crippen molar-refractivity contribution in [2.24, 2.45) is 12.0 Å². The van der Waals surface area contributed by atoms with E-state index in [1.807, 2.05) is 51.1 Å². The molecule has 0 bridgehead atoms. The van der Waals surface area contributed by atoms with Gasteiger partial charge < -0.3 is 19.9 Å². The summed E-state index contributed by atoms with van der Waals surface area (Å²) in [7, 11) is 9.94. The number of nitrogens with zero attached hydrogens (tertiary/aromatic N) is 5. The summed E-state index contributed by atoms with van der Waals surface area (Å²) in [5.74, 6) is 1.76. The molecule has 1 atom stereocenters. The molecule has 0 amide bonds. The van der Waals surface area contributed by atoms with Crippen molar-refractivity contribution >= 4 is 29.9 Å². The van der Waals surface area contributed by atoms with Crippen LogP contribution in [0.2, 0.25) is 0 Å². The molecule has 2 rings (SSSR count). The van der Waals surface area contributed by atoms with E-state index in [0.29, 0.717) is 6.61 Å². The predicted octanol–water partition coefficient (Wildman–Crippen LogP) is 2.75. The van der Waals surface area contributed by atoms with Gasteiger partial charge in [0.2, 0.25) is 0 Å². The second-order valence-electron chi connectivity index (χ2n) is 6.79. The highest BCUT2D eigenvalue weighted by Crippen LogP contribution is 2.17. The standard InChI is InChI=1S/C20H32N6O.HI/c1-7-27-18-10-8-16(9-11-18)14-25(5)20(21-2)22-13-19(24(3)4)17-12-23-26(6)15-17;/h8-12,15,19H,7,13-14H2,1-6H3,(H,21,22);1H. The third kappa shape index (κ3) is 6.97. The maximum Gasteiger partial charge on any atom is 0.193 e. The first-order valence-corrected chi connectivity index (χ1v) is 9.23. The van der Waals surface area contributed by atoms with Crippen LogP contribution in [0.4, 0.5) is 0 Å². The fraction of sp³-hybridized carbons (Fsp3) is 0.500. The Morgan fingerprint density at radius 1 is 1.25 bits per heavy atom. The van der Waals surface area contributed by atoms with Crippen molar-refractivity contribution in [1.82, 2.24) is 24.9 Å². The van der Waals surface area contributed by atoms with E-state index < -0.39 is 0 Å². The lowest BCUT2D eigenvalue weighted by atomic mass is 10.1. The number of aromatic nitrogens is 2. The van der Waals surface area contributed by atoms with Gasteiger partial charge in [0.05, 0.1) is 18.8 Å². The maximum atomic E-state index is 5.50. The summed E-state index contributed by atoms with van der Waals surface area (Å²) >= 11 is 0. The van der Waals surface area contributed by atoms with E-state index in [0.717, 1.165) is 24.8 Å². The Kier molecular flexibility index (Phi) is 10.3. The molecule has 0 saturated carbocycles. The molecule has 1 aromatic heterocycles. The number of likely N-dealkylation sites (N-methyl/N-ethyl adjacent to an activating group) is 1.